The SMILES string of the molecule is Nc1cc(-c2nc(CC(F)(F)F)no2)[nH]n1. The maximum atomic E-state index is 12.0. The van der Waals surface area contributed by atoms with Crippen molar-refractivity contribution in [3.8, 4) is 11.6 Å². The fraction of sp³-hybridized carbons (Fsp3) is 0.286. The van der Waals surface area contributed by atoms with Gasteiger partial charge < -0.3 is 10.3 Å². The molecule has 0 aliphatic carbocycles. The van der Waals surface area contributed by atoms with Crippen molar-refractivity contribution in [1.82, 2.24) is 20.3 Å². The van der Waals surface area contributed by atoms with E-state index in [0.717, 1.165) is 0 Å². The van der Waals surface area contributed by atoms with Gasteiger partial charge in [-0.3, -0.25) is 5.10 Å². The van der Waals surface area contributed by atoms with E-state index in [1.54, 1.807) is 0 Å². The number of aromatic amines is 1. The molecule has 0 aromatic carbocycles. The lowest BCUT2D eigenvalue weighted by molar-refractivity contribution is -0.128. The second-order valence-corrected chi connectivity index (χ2v) is 3.01. The zero-order chi connectivity index (χ0) is 11.8. The number of anilines is 1. The molecule has 9 heteroatoms. The van der Waals surface area contributed by atoms with Gasteiger partial charge in [-0.2, -0.15) is 23.3 Å². The fourth-order valence-electron chi connectivity index (χ4n) is 1.06. The second kappa shape index (κ2) is 3.51. The molecule has 0 atom stereocenters. The van der Waals surface area contributed by atoms with Crippen LogP contribution in [-0.4, -0.2) is 26.5 Å². The summed E-state index contributed by atoms with van der Waals surface area (Å²) in [6.07, 6.45) is -5.60. The molecule has 0 fully saturated rings. The first-order valence-electron chi connectivity index (χ1n) is 4.14. The number of nitrogens with zero attached hydrogens (tertiary/aromatic N) is 3. The van der Waals surface area contributed by atoms with Gasteiger partial charge >= 0.3 is 6.18 Å². The summed E-state index contributed by atoms with van der Waals surface area (Å²) in [5.41, 5.74) is 5.59. The Kier molecular flexibility index (Phi) is 2.29. The quantitative estimate of drug-likeness (QED) is 0.811. The number of rotatable bonds is 2. The molecular weight excluding hydrogens is 227 g/mol. The predicted molar refractivity (Wildman–Crippen MR) is 46.1 cm³/mol. The van der Waals surface area contributed by atoms with E-state index in [-0.39, 0.29) is 17.4 Å². The van der Waals surface area contributed by atoms with Gasteiger partial charge in [0, 0.05) is 6.07 Å². The smallest absolute Gasteiger partial charge is 0.382 e. The van der Waals surface area contributed by atoms with E-state index >= 15 is 0 Å². The Morgan fingerprint density at radius 3 is 2.75 bits per heavy atom. The van der Waals surface area contributed by atoms with Crippen LogP contribution in [-0.2, 0) is 6.42 Å². The Bertz CT molecular complexity index is 488. The summed E-state index contributed by atoms with van der Waals surface area (Å²) in [5, 5.41) is 9.22. The number of alkyl halides is 3. The molecule has 2 rings (SSSR count). The second-order valence-electron chi connectivity index (χ2n) is 3.01. The Hall–Kier alpha value is -2.06. The summed E-state index contributed by atoms with van der Waals surface area (Å²) < 4.78 is 40.6. The molecule has 86 valence electrons. The van der Waals surface area contributed by atoms with Crippen molar-refractivity contribution in [2.75, 3.05) is 5.73 Å². The minimum atomic E-state index is -4.37. The van der Waals surface area contributed by atoms with Gasteiger partial charge in [0.15, 0.2) is 5.82 Å². The fourth-order valence-corrected chi connectivity index (χ4v) is 1.06. The molecule has 2 aromatic rings. The Labute approximate surface area is 86.6 Å². The number of hydrogen-bond acceptors (Lipinski definition) is 5. The number of nitrogens with two attached hydrogens (primary N) is 1. The first kappa shape index (κ1) is 10.5. The van der Waals surface area contributed by atoms with Crippen molar-refractivity contribution in [1.29, 1.82) is 0 Å². The summed E-state index contributed by atoms with van der Waals surface area (Å²) in [7, 11) is 0. The van der Waals surface area contributed by atoms with Crippen LogP contribution < -0.4 is 5.73 Å². The lowest BCUT2D eigenvalue weighted by atomic mass is 10.4. The van der Waals surface area contributed by atoms with Gasteiger partial charge in [-0.05, 0) is 0 Å². The highest BCUT2D eigenvalue weighted by Crippen LogP contribution is 2.22. The van der Waals surface area contributed by atoms with Crippen molar-refractivity contribution in [3.63, 3.8) is 0 Å². The molecule has 6 nitrogen and oxygen atoms in total. The zero-order valence-electron chi connectivity index (χ0n) is 7.75. The topological polar surface area (TPSA) is 93.6 Å². The summed E-state index contributed by atoms with van der Waals surface area (Å²) in [4.78, 5) is 3.55. The van der Waals surface area contributed by atoms with Crippen LogP contribution in [0.15, 0.2) is 10.6 Å². The average molecular weight is 233 g/mol. The minimum absolute atomic E-state index is 0.0801. The summed E-state index contributed by atoms with van der Waals surface area (Å²) in [5.74, 6) is -0.329. The number of nitrogens with one attached hydrogen (secondary N) is 1. The summed E-state index contributed by atoms with van der Waals surface area (Å²) in [6, 6.07) is 1.38. The van der Waals surface area contributed by atoms with Crippen molar-refractivity contribution in [3.05, 3.63) is 11.9 Å². The van der Waals surface area contributed by atoms with Crippen LogP contribution >= 0.6 is 0 Å². The number of H-pyrrole nitrogens is 1. The van der Waals surface area contributed by atoms with E-state index in [0.29, 0.717) is 0 Å². The molecule has 2 heterocycles. The monoisotopic (exact) mass is 233 g/mol. The lowest BCUT2D eigenvalue weighted by Crippen LogP contribution is -2.12. The van der Waals surface area contributed by atoms with Gasteiger partial charge in [-0.15, -0.1) is 0 Å². The number of halogens is 3. The van der Waals surface area contributed by atoms with E-state index in [4.69, 9.17) is 5.73 Å². The number of aromatic nitrogens is 4. The third-order valence-electron chi connectivity index (χ3n) is 1.65. The van der Waals surface area contributed by atoms with Crippen LogP contribution in [0.5, 0.6) is 0 Å². The normalized spacial score (nSPS) is 11.9. The molecule has 0 saturated heterocycles. The van der Waals surface area contributed by atoms with Crippen molar-refractivity contribution in [2.45, 2.75) is 12.6 Å². The largest absolute Gasteiger partial charge is 0.396 e. The van der Waals surface area contributed by atoms with Gasteiger partial charge in [0.2, 0.25) is 0 Å². The van der Waals surface area contributed by atoms with E-state index in [9.17, 15) is 13.2 Å². The van der Waals surface area contributed by atoms with Crippen molar-refractivity contribution >= 4 is 5.82 Å². The molecule has 0 unspecified atom stereocenters. The molecule has 0 radical (unpaired) electrons. The minimum Gasteiger partial charge on any atom is -0.382 e. The first-order valence-corrected chi connectivity index (χ1v) is 4.14. The van der Waals surface area contributed by atoms with Crippen LogP contribution in [0.3, 0.4) is 0 Å². The van der Waals surface area contributed by atoms with Crippen molar-refractivity contribution < 1.29 is 17.7 Å². The Morgan fingerprint density at radius 1 is 1.44 bits per heavy atom. The van der Waals surface area contributed by atoms with Crippen LogP contribution in [0.4, 0.5) is 19.0 Å². The van der Waals surface area contributed by atoms with E-state index < -0.39 is 18.4 Å². The molecule has 0 spiro atoms. The van der Waals surface area contributed by atoms with E-state index in [1.165, 1.54) is 6.07 Å². The highest BCUT2D eigenvalue weighted by atomic mass is 19.4. The van der Waals surface area contributed by atoms with Gasteiger partial charge in [-0.1, -0.05) is 5.16 Å². The maximum Gasteiger partial charge on any atom is 0.396 e. The molecule has 0 aliphatic heterocycles. The molecular formula is C7H6F3N5O. The first-order chi connectivity index (χ1) is 7.44. The average Bonchev–Trinajstić information content (AvgIpc) is 2.71. The standard InChI is InChI=1S/C7H6F3N5O/c8-7(9,10)2-5-12-6(16-15-5)3-1-4(11)14-13-3/h1H,2H2,(H3,11,13,14). The third kappa shape index (κ3) is 2.30. The van der Waals surface area contributed by atoms with Crippen LogP contribution in [0.25, 0.3) is 11.6 Å². The van der Waals surface area contributed by atoms with Crippen molar-refractivity contribution in [2.24, 2.45) is 0 Å². The zero-order valence-corrected chi connectivity index (χ0v) is 7.75. The maximum absolute atomic E-state index is 12.0. The Morgan fingerprint density at radius 2 is 2.19 bits per heavy atom. The Balaban J connectivity index is 2.20. The summed E-state index contributed by atoms with van der Waals surface area (Å²) >= 11 is 0. The van der Waals surface area contributed by atoms with Crippen LogP contribution in [0.2, 0.25) is 0 Å². The lowest BCUT2D eigenvalue weighted by Gasteiger charge is -1.99. The predicted octanol–water partition coefficient (Wildman–Crippen LogP) is 1.15. The van der Waals surface area contributed by atoms with Gasteiger partial charge in [0.1, 0.15) is 17.9 Å². The molecule has 0 aliphatic rings. The third-order valence-corrected chi connectivity index (χ3v) is 1.65. The van der Waals surface area contributed by atoms with Crippen LogP contribution in [0.1, 0.15) is 5.82 Å². The van der Waals surface area contributed by atoms with Gasteiger partial charge in [-0.25, -0.2) is 0 Å². The highest BCUT2D eigenvalue weighted by molar-refractivity contribution is 5.51. The molecule has 2 aromatic heterocycles. The molecule has 3 N–H and O–H groups in total. The summed E-state index contributed by atoms with van der Waals surface area (Å²) in [6.45, 7) is 0. The van der Waals surface area contributed by atoms with E-state index in [1.807, 2.05) is 0 Å². The molecule has 0 bridgehead atoms. The molecule has 0 saturated carbocycles. The number of hydrogen-bond donors (Lipinski definition) is 2. The van der Waals surface area contributed by atoms with Gasteiger partial charge in [0.25, 0.3) is 5.89 Å². The van der Waals surface area contributed by atoms with E-state index in [2.05, 4.69) is 24.9 Å². The molecule has 0 amide bonds. The molecule has 16 heavy (non-hydrogen) atoms. The number of nitrogen functional groups attached to an aromatic ring is 1. The van der Waals surface area contributed by atoms with Crippen LogP contribution in [0, 0.1) is 0 Å². The van der Waals surface area contributed by atoms with Gasteiger partial charge in [0.05, 0.1) is 0 Å². The highest BCUT2D eigenvalue weighted by Gasteiger charge is 2.30.